The van der Waals surface area contributed by atoms with Crippen LogP contribution in [-0.4, -0.2) is 42.2 Å². The van der Waals surface area contributed by atoms with E-state index in [1.54, 1.807) is 0 Å². The number of aryl methyl sites for hydroxylation is 3. The van der Waals surface area contributed by atoms with Gasteiger partial charge in [0.15, 0.2) is 5.82 Å². The number of fused-ring (bicyclic) bond motifs is 1. The van der Waals surface area contributed by atoms with Crippen molar-refractivity contribution in [3.63, 3.8) is 0 Å². The van der Waals surface area contributed by atoms with Crippen molar-refractivity contribution in [1.29, 1.82) is 0 Å². The van der Waals surface area contributed by atoms with E-state index in [0.29, 0.717) is 12.4 Å². The van der Waals surface area contributed by atoms with E-state index in [0.717, 1.165) is 54.2 Å². The number of nitrogens with zero attached hydrogens (tertiary/aromatic N) is 5. The van der Waals surface area contributed by atoms with Crippen LogP contribution in [0.15, 0.2) is 18.2 Å². The number of imidazole rings is 1. The molecule has 1 saturated heterocycles. The van der Waals surface area contributed by atoms with Crippen LogP contribution in [0.1, 0.15) is 50.2 Å². The number of urea groups is 1. The number of hydrogen-bond acceptors (Lipinski definition) is 4. The molecule has 1 aromatic carbocycles. The highest BCUT2D eigenvalue weighted by Crippen LogP contribution is 2.30. The van der Waals surface area contributed by atoms with E-state index in [1.165, 1.54) is 0 Å². The molecule has 0 bridgehead atoms. The summed E-state index contributed by atoms with van der Waals surface area (Å²) in [6.07, 6.45) is 2.71. The number of carbonyl (C=O) groups is 1. The fourth-order valence-corrected chi connectivity index (χ4v) is 3.86. The number of likely N-dealkylation sites (tertiary alicyclic amines) is 1. The second kappa shape index (κ2) is 7.02. The summed E-state index contributed by atoms with van der Waals surface area (Å²) in [7, 11) is 0. The minimum atomic E-state index is -0.120. The van der Waals surface area contributed by atoms with Gasteiger partial charge in [0.25, 0.3) is 0 Å². The Morgan fingerprint density at radius 3 is 2.89 bits per heavy atom. The molecule has 1 aliphatic heterocycles. The maximum atomic E-state index is 12.8. The smallest absolute Gasteiger partial charge is 0.322 e. The Balaban J connectivity index is 1.55. The average molecular weight is 367 g/mol. The molecule has 1 atom stereocenters. The van der Waals surface area contributed by atoms with Gasteiger partial charge < -0.3 is 14.8 Å². The van der Waals surface area contributed by atoms with Crippen LogP contribution in [0.3, 0.4) is 0 Å². The van der Waals surface area contributed by atoms with E-state index in [2.05, 4.69) is 38.9 Å². The van der Waals surface area contributed by atoms with Crippen molar-refractivity contribution < 1.29 is 4.79 Å². The van der Waals surface area contributed by atoms with Gasteiger partial charge in [-0.2, -0.15) is 5.10 Å². The Kier molecular flexibility index (Phi) is 4.55. The molecule has 27 heavy (non-hydrogen) atoms. The van der Waals surface area contributed by atoms with Gasteiger partial charge in [-0.25, -0.2) is 14.8 Å². The average Bonchev–Trinajstić information content (AvgIpc) is 3.38. The number of rotatable bonds is 4. The van der Waals surface area contributed by atoms with Crippen molar-refractivity contribution in [2.45, 2.75) is 52.6 Å². The SMILES string of the molecule is CCc1nc2cc(NC(=O)N3CCC[C@H]3c3n[nH]c(C)n3)ccc2n1CC. The minimum Gasteiger partial charge on any atom is -0.328 e. The third kappa shape index (κ3) is 3.15. The highest BCUT2D eigenvalue weighted by Gasteiger charge is 2.32. The first kappa shape index (κ1) is 17.5. The molecule has 1 aliphatic rings. The first-order valence-corrected chi connectivity index (χ1v) is 9.56. The molecule has 8 nitrogen and oxygen atoms in total. The molecule has 8 heteroatoms. The molecule has 142 valence electrons. The lowest BCUT2D eigenvalue weighted by Gasteiger charge is -2.22. The molecular formula is C19H25N7O. The summed E-state index contributed by atoms with van der Waals surface area (Å²) in [6, 6.07) is 5.71. The van der Waals surface area contributed by atoms with Crippen molar-refractivity contribution in [2.24, 2.45) is 0 Å². The monoisotopic (exact) mass is 367 g/mol. The number of carbonyl (C=O) groups excluding carboxylic acids is 1. The highest BCUT2D eigenvalue weighted by atomic mass is 16.2. The van der Waals surface area contributed by atoms with Crippen LogP contribution < -0.4 is 5.32 Å². The van der Waals surface area contributed by atoms with Crippen LogP contribution in [0.5, 0.6) is 0 Å². The molecule has 0 unspecified atom stereocenters. The van der Waals surface area contributed by atoms with Crippen molar-refractivity contribution in [2.75, 3.05) is 11.9 Å². The molecule has 1 fully saturated rings. The quantitative estimate of drug-likeness (QED) is 0.739. The second-order valence-electron chi connectivity index (χ2n) is 6.89. The molecule has 2 amide bonds. The minimum absolute atomic E-state index is 0.0790. The first-order chi connectivity index (χ1) is 13.1. The van der Waals surface area contributed by atoms with Crippen molar-refractivity contribution in [3.05, 3.63) is 35.7 Å². The van der Waals surface area contributed by atoms with Crippen molar-refractivity contribution in [1.82, 2.24) is 29.6 Å². The van der Waals surface area contributed by atoms with Gasteiger partial charge in [0.1, 0.15) is 11.6 Å². The van der Waals surface area contributed by atoms with Gasteiger partial charge in [0, 0.05) is 25.2 Å². The number of H-pyrrole nitrogens is 1. The molecule has 0 spiro atoms. The third-order valence-electron chi connectivity index (χ3n) is 5.14. The zero-order chi connectivity index (χ0) is 19.0. The van der Waals surface area contributed by atoms with Gasteiger partial charge in [-0.1, -0.05) is 6.92 Å². The first-order valence-electron chi connectivity index (χ1n) is 9.56. The number of aromatic amines is 1. The summed E-state index contributed by atoms with van der Waals surface area (Å²) in [5.41, 5.74) is 2.77. The zero-order valence-electron chi connectivity index (χ0n) is 16.0. The fourth-order valence-electron chi connectivity index (χ4n) is 3.86. The summed E-state index contributed by atoms with van der Waals surface area (Å²) in [6.45, 7) is 7.68. The zero-order valence-corrected chi connectivity index (χ0v) is 16.0. The van der Waals surface area contributed by atoms with E-state index in [1.807, 2.05) is 30.0 Å². The Morgan fingerprint density at radius 2 is 2.19 bits per heavy atom. The number of hydrogen-bond donors (Lipinski definition) is 2. The molecule has 4 rings (SSSR count). The summed E-state index contributed by atoms with van der Waals surface area (Å²) in [5, 5.41) is 10.1. The predicted molar refractivity (Wildman–Crippen MR) is 104 cm³/mol. The number of benzene rings is 1. The van der Waals surface area contributed by atoms with Gasteiger partial charge in [-0.05, 0) is 44.9 Å². The van der Waals surface area contributed by atoms with Crippen molar-refractivity contribution in [3.8, 4) is 0 Å². The van der Waals surface area contributed by atoms with Gasteiger partial charge in [0.05, 0.1) is 17.1 Å². The lowest BCUT2D eigenvalue weighted by atomic mass is 10.2. The lowest BCUT2D eigenvalue weighted by Crippen LogP contribution is -2.34. The number of amides is 2. The molecule has 2 N–H and O–H groups in total. The van der Waals surface area contributed by atoms with E-state index in [9.17, 15) is 4.79 Å². The number of nitrogens with one attached hydrogen (secondary N) is 2. The summed E-state index contributed by atoms with van der Waals surface area (Å²) >= 11 is 0. The number of anilines is 1. The van der Waals surface area contributed by atoms with Crippen LogP contribution in [-0.2, 0) is 13.0 Å². The van der Waals surface area contributed by atoms with E-state index in [4.69, 9.17) is 4.98 Å². The van der Waals surface area contributed by atoms with Gasteiger partial charge in [0.2, 0.25) is 0 Å². The molecule has 0 aliphatic carbocycles. The van der Waals surface area contributed by atoms with Gasteiger partial charge in [-0.3, -0.25) is 5.10 Å². The lowest BCUT2D eigenvalue weighted by molar-refractivity contribution is 0.205. The summed E-state index contributed by atoms with van der Waals surface area (Å²) in [5.74, 6) is 2.52. The molecule has 0 radical (unpaired) electrons. The van der Waals surface area contributed by atoms with Crippen LogP contribution >= 0.6 is 0 Å². The molecular weight excluding hydrogens is 342 g/mol. The Bertz CT molecular complexity index is 974. The van der Waals surface area contributed by atoms with Crippen LogP contribution in [0.25, 0.3) is 11.0 Å². The van der Waals surface area contributed by atoms with E-state index >= 15 is 0 Å². The van der Waals surface area contributed by atoms with Gasteiger partial charge in [-0.15, -0.1) is 0 Å². The Morgan fingerprint density at radius 1 is 1.33 bits per heavy atom. The van der Waals surface area contributed by atoms with Crippen LogP contribution in [0.4, 0.5) is 10.5 Å². The third-order valence-corrected chi connectivity index (χ3v) is 5.14. The molecule has 0 saturated carbocycles. The maximum Gasteiger partial charge on any atom is 0.322 e. The van der Waals surface area contributed by atoms with E-state index < -0.39 is 0 Å². The molecule has 2 aromatic heterocycles. The Hall–Kier alpha value is -2.90. The Labute approximate surface area is 158 Å². The highest BCUT2D eigenvalue weighted by molar-refractivity contribution is 5.92. The van der Waals surface area contributed by atoms with Gasteiger partial charge >= 0.3 is 6.03 Å². The number of aromatic nitrogens is 5. The summed E-state index contributed by atoms with van der Waals surface area (Å²) < 4.78 is 2.21. The fraction of sp³-hybridized carbons (Fsp3) is 0.474. The van der Waals surface area contributed by atoms with Crippen molar-refractivity contribution >= 4 is 22.8 Å². The van der Waals surface area contributed by atoms with Crippen LogP contribution in [0.2, 0.25) is 0 Å². The predicted octanol–water partition coefficient (Wildman–Crippen LogP) is 3.41. The topological polar surface area (TPSA) is 91.7 Å². The van der Waals surface area contributed by atoms with Crippen LogP contribution in [0, 0.1) is 6.92 Å². The largest absolute Gasteiger partial charge is 0.328 e. The molecule has 3 heterocycles. The molecule has 3 aromatic rings. The maximum absolute atomic E-state index is 12.8. The second-order valence-corrected chi connectivity index (χ2v) is 6.89. The standard InChI is InChI=1S/C19H25N7O/c1-4-17-22-14-11-13(8-9-15(14)25(17)5-2)21-19(27)26-10-6-7-16(26)18-20-12(3)23-24-18/h8-9,11,16H,4-7,10H2,1-3H3,(H,21,27)(H,20,23,24)/t16-/m0/s1. The normalized spacial score (nSPS) is 17.0. The van der Waals surface area contributed by atoms with E-state index in [-0.39, 0.29) is 12.1 Å². The summed E-state index contributed by atoms with van der Waals surface area (Å²) in [4.78, 5) is 23.8.